The largest absolute Gasteiger partial charge is 2.00 e. The van der Waals surface area contributed by atoms with Crippen molar-refractivity contribution in [3.8, 4) is 0 Å². The molecule has 0 N–H and O–H groups in total. The molecule has 0 heterocycles. The molecular weight excluding hydrogens is 458 g/mol. The van der Waals surface area contributed by atoms with Crippen LogP contribution in [0.25, 0.3) is 0 Å². The summed E-state index contributed by atoms with van der Waals surface area (Å²) in [5.74, 6) is 0.00434. The number of hydrogen-bond acceptors (Lipinski definition) is 6. The molecule has 0 radical (unpaired) electrons. The maximum absolute atomic E-state index is 10.4. The van der Waals surface area contributed by atoms with Gasteiger partial charge in [-0.15, -0.1) is 0 Å². The minimum atomic E-state index is -0.944. The molecule has 7 heteroatoms. The van der Waals surface area contributed by atoms with Gasteiger partial charge in [-0.05, 0) is 38.2 Å². The van der Waals surface area contributed by atoms with Gasteiger partial charge in [0.1, 0.15) is 0 Å². The fourth-order valence-electron chi connectivity index (χ4n) is 2.42. The summed E-state index contributed by atoms with van der Waals surface area (Å²) in [7, 11) is 0. The van der Waals surface area contributed by atoms with E-state index in [9.17, 15) is 19.8 Å². The zero-order valence-electron chi connectivity index (χ0n) is 19.2. The van der Waals surface area contributed by atoms with E-state index >= 15 is 0 Å². The van der Waals surface area contributed by atoms with Gasteiger partial charge in [-0.3, -0.25) is 0 Å². The molecule has 0 aromatic carbocycles. The number of carbonyl (C=O) groups excluding carboxylic acids is 2. The second-order valence-corrected chi connectivity index (χ2v) is 10.1. The van der Waals surface area contributed by atoms with E-state index in [4.69, 9.17) is 0 Å². The number of hydrogen-bond donors (Lipinski definition) is 0. The fourth-order valence-corrected chi connectivity index (χ4v) is 4.14. The molecule has 0 rings (SSSR count). The van der Waals surface area contributed by atoms with Crippen LogP contribution in [-0.4, -0.2) is 33.9 Å². The van der Waals surface area contributed by atoms with Crippen LogP contribution in [0.3, 0.4) is 0 Å². The standard InChI is InChI=1S/2C11H22O2S.Zn/c2*1-3-4-5-6-7-8-9-14-10(2)11(12)13;/h2*10H,3-9H2,1-2H3,(H,12,13);/q;;+2/p-2. The van der Waals surface area contributed by atoms with E-state index in [1.54, 1.807) is 13.8 Å². The van der Waals surface area contributed by atoms with E-state index in [2.05, 4.69) is 13.8 Å². The van der Waals surface area contributed by atoms with E-state index in [0.717, 1.165) is 24.3 Å². The van der Waals surface area contributed by atoms with Crippen LogP contribution < -0.4 is 10.2 Å². The Balaban J connectivity index is -0.000000451. The second kappa shape index (κ2) is 26.3. The van der Waals surface area contributed by atoms with Gasteiger partial charge in [0.05, 0.1) is 11.9 Å². The number of rotatable bonds is 18. The molecule has 0 saturated heterocycles. The molecule has 0 fully saturated rings. The van der Waals surface area contributed by atoms with Crippen molar-refractivity contribution >= 4 is 35.5 Å². The zero-order chi connectivity index (χ0) is 21.6. The van der Waals surface area contributed by atoms with E-state index in [1.807, 2.05) is 0 Å². The van der Waals surface area contributed by atoms with Crippen LogP contribution in [0.1, 0.15) is 105 Å². The second-order valence-electron chi connectivity index (χ2n) is 7.20. The Morgan fingerprint density at radius 2 is 0.897 bits per heavy atom. The zero-order valence-corrected chi connectivity index (χ0v) is 23.8. The summed E-state index contributed by atoms with van der Waals surface area (Å²) in [5.41, 5.74) is 0. The summed E-state index contributed by atoms with van der Waals surface area (Å²) in [6, 6.07) is 0. The minimum Gasteiger partial charge on any atom is -0.549 e. The molecule has 0 spiro atoms. The first-order valence-corrected chi connectivity index (χ1v) is 13.1. The molecule has 0 aliphatic heterocycles. The molecule has 168 valence electrons. The van der Waals surface area contributed by atoms with E-state index in [1.165, 1.54) is 87.7 Å². The van der Waals surface area contributed by atoms with Gasteiger partial charge in [-0.2, -0.15) is 23.5 Å². The molecule has 0 amide bonds. The van der Waals surface area contributed by atoms with E-state index in [-0.39, 0.29) is 30.0 Å². The van der Waals surface area contributed by atoms with Crippen LogP contribution in [-0.2, 0) is 29.1 Å². The number of carboxylic acids is 2. The predicted octanol–water partition coefficient (Wildman–Crippen LogP) is 4.43. The van der Waals surface area contributed by atoms with Crippen molar-refractivity contribution in [2.45, 2.75) is 115 Å². The van der Waals surface area contributed by atoms with Crippen molar-refractivity contribution in [3.05, 3.63) is 0 Å². The molecule has 0 bridgehead atoms. The Hall–Kier alpha value is 0.263. The molecular formula is C22H42O4S2Zn. The molecule has 0 aliphatic carbocycles. The van der Waals surface area contributed by atoms with Crippen LogP contribution >= 0.6 is 23.5 Å². The monoisotopic (exact) mass is 498 g/mol. The molecule has 0 aromatic heterocycles. The maximum Gasteiger partial charge on any atom is 2.00 e. The van der Waals surface area contributed by atoms with Crippen LogP contribution in [0, 0.1) is 0 Å². The molecule has 0 aromatic rings. The smallest absolute Gasteiger partial charge is 0.549 e. The number of unbranched alkanes of at least 4 members (excludes halogenated alkanes) is 10. The summed E-state index contributed by atoms with van der Waals surface area (Å²) in [6.07, 6.45) is 15.1. The normalized spacial score (nSPS) is 12.3. The number of carboxylic acid groups (broad SMARTS) is 2. The first-order valence-electron chi connectivity index (χ1n) is 11.0. The average molecular weight is 500 g/mol. The molecule has 4 nitrogen and oxygen atoms in total. The first kappa shape index (κ1) is 33.9. The van der Waals surface area contributed by atoms with Crippen molar-refractivity contribution in [2.24, 2.45) is 0 Å². The van der Waals surface area contributed by atoms with Gasteiger partial charge >= 0.3 is 19.5 Å². The van der Waals surface area contributed by atoms with Gasteiger partial charge < -0.3 is 19.8 Å². The Morgan fingerprint density at radius 3 is 1.17 bits per heavy atom. The summed E-state index contributed by atoms with van der Waals surface area (Å²) < 4.78 is 0. The maximum atomic E-state index is 10.4. The Labute approximate surface area is 200 Å². The molecule has 29 heavy (non-hydrogen) atoms. The SMILES string of the molecule is CCCCCCCCSC(C)C(=O)[O-].CCCCCCCCSC(C)C(=O)[O-].[Zn+2]. The number of thioether (sulfide) groups is 2. The Morgan fingerprint density at radius 1 is 0.621 bits per heavy atom. The quantitative estimate of drug-likeness (QED) is 0.205. The number of carbonyl (C=O) groups is 2. The van der Waals surface area contributed by atoms with Gasteiger partial charge in [0.2, 0.25) is 0 Å². The topological polar surface area (TPSA) is 80.3 Å². The van der Waals surface area contributed by atoms with Crippen molar-refractivity contribution in [3.63, 3.8) is 0 Å². The van der Waals surface area contributed by atoms with Gasteiger partial charge in [0.25, 0.3) is 0 Å². The first-order chi connectivity index (χ1) is 13.4. The summed E-state index contributed by atoms with van der Waals surface area (Å²) in [4.78, 5) is 20.7. The van der Waals surface area contributed by atoms with Crippen molar-refractivity contribution in [1.29, 1.82) is 0 Å². The summed E-state index contributed by atoms with van der Waals surface area (Å²) in [6.45, 7) is 7.79. The van der Waals surface area contributed by atoms with Crippen molar-refractivity contribution < 1.29 is 39.3 Å². The van der Waals surface area contributed by atoms with E-state index in [0.29, 0.717) is 0 Å². The minimum absolute atomic E-state index is 0. The van der Waals surface area contributed by atoms with Crippen LogP contribution in [0.2, 0.25) is 0 Å². The van der Waals surface area contributed by atoms with Crippen molar-refractivity contribution in [2.75, 3.05) is 11.5 Å². The predicted molar refractivity (Wildman–Crippen MR) is 121 cm³/mol. The third-order valence-electron chi connectivity index (χ3n) is 4.40. The van der Waals surface area contributed by atoms with Gasteiger partial charge in [0, 0.05) is 10.5 Å². The Bertz CT molecular complexity index is 337. The number of aliphatic carboxylic acids is 2. The molecule has 2 atom stereocenters. The summed E-state index contributed by atoms with van der Waals surface area (Å²) >= 11 is 2.97. The molecule has 0 aliphatic rings. The van der Waals surface area contributed by atoms with Crippen LogP contribution in [0.15, 0.2) is 0 Å². The average Bonchev–Trinajstić information content (AvgIpc) is 2.66. The fraction of sp³-hybridized carbons (Fsp3) is 0.909. The van der Waals surface area contributed by atoms with E-state index < -0.39 is 11.9 Å². The van der Waals surface area contributed by atoms with Crippen molar-refractivity contribution in [1.82, 2.24) is 0 Å². The molecule has 0 saturated carbocycles. The van der Waals surface area contributed by atoms with Crippen LogP contribution in [0.5, 0.6) is 0 Å². The summed E-state index contributed by atoms with van der Waals surface area (Å²) in [5, 5.41) is 20.0. The van der Waals surface area contributed by atoms with Crippen LogP contribution in [0.4, 0.5) is 0 Å². The Kier molecular flexibility index (Phi) is 30.7. The molecule has 2 unspecified atom stereocenters. The third-order valence-corrected chi connectivity index (χ3v) is 6.83. The van der Waals surface area contributed by atoms with Gasteiger partial charge in [-0.25, -0.2) is 0 Å². The third kappa shape index (κ3) is 28.3. The van der Waals surface area contributed by atoms with Gasteiger partial charge in [0.15, 0.2) is 0 Å². The van der Waals surface area contributed by atoms with Gasteiger partial charge in [-0.1, -0.05) is 78.1 Å².